The van der Waals surface area contributed by atoms with Crippen molar-refractivity contribution < 1.29 is 23.4 Å². The summed E-state index contributed by atoms with van der Waals surface area (Å²) in [4.78, 5) is 13.7. The summed E-state index contributed by atoms with van der Waals surface area (Å²) in [6.07, 6.45) is -0.879. The highest BCUT2D eigenvalue weighted by Gasteiger charge is 2.37. The fourth-order valence-electron chi connectivity index (χ4n) is 2.42. The van der Waals surface area contributed by atoms with Gasteiger partial charge < -0.3 is 15.1 Å². The van der Waals surface area contributed by atoms with Gasteiger partial charge in [-0.2, -0.15) is 0 Å². The van der Waals surface area contributed by atoms with Crippen molar-refractivity contribution >= 4 is 15.9 Å². The number of phenols is 1. The molecule has 2 rings (SSSR count). The van der Waals surface area contributed by atoms with E-state index in [0.717, 1.165) is 4.31 Å². The van der Waals surface area contributed by atoms with Gasteiger partial charge in [-0.05, 0) is 18.2 Å². The van der Waals surface area contributed by atoms with Crippen LogP contribution in [-0.2, 0) is 10.0 Å². The summed E-state index contributed by atoms with van der Waals surface area (Å²) in [5, 5.41) is 19.4. The van der Waals surface area contributed by atoms with E-state index in [0.29, 0.717) is 5.56 Å². The Balaban J connectivity index is 2.09. The molecule has 2 N–H and O–H groups in total. The molecule has 22 heavy (non-hydrogen) atoms. The molecule has 0 bridgehead atoms. The van der Waals surface area contributed by atoms with E-state index in [-0.39, 0.29) is 30.5 Å². The van der Waals surface area contributed by atoms with Crippen molar-refractivity contribution in [1.82, 2.24) is 9.21 Å². The largest absolute Gasteiger partial charge is 0.508 e. The third-order valence-electron chi connectivity index (χ3n) is 3.77. The fourth-order valence-corrected chi connectivity index (χ4v) is 3.59. The van der Waals surface area contributed by atoms with Gasteiger partial charge in [-0.25, -0.2) is 12.7 Å². The maximum absolute atomic E-state index is 12.3. The Hall–Kier alpha value is -1.64. The predicted octanol–water partition coefficient (Wildman–Crippen LogP) is -0.284. The highest BCUT2D eigenvalue weighted by molar-refractivity contribution is 7.89. The number of carbonyl (C=O) groups excluding carboxylic acids is 1. The summed E-state index contributed by atoms with van der Waals surface area (Å²) >= 11 is 0. The fraction of sp³-hybridized carbons (Fsp3) is 0.500. The van der Waals surface area contributed by atoms with Gasteiger partial charge in [-0.3, -0.25) is 4.79 Å². The van der Waals surface area contributed by atoms with Gasteiger partial charge in [-0.15, -0.1) is 0 Å². The first kappa shape index (κ1) is 16.7. The average Bonchev–Trinajstić information content (AvgIpc) is 2.78. The lowest BCUT2D eigenvalue weighted by molar-refractivity contribution is 0.0764. The number of hydrogen-bond donors (Lipinski definition) is 2. The van der Waals surface area contributed by atoms with Crippen molar-refractivity contribution in [1.29, 1.82) is 0 Å². The Bertz CT molecular complexity index is 659. The van der Waals surface area contributed by atoms with Gasteiger partial charge >= 0.3 is 0 Å². The number of carbonyl (C=O) groups is 1. The molecule has 0 aliphatic carbocycles. The number of benzene rings is 1. The van der Waals surface area contributed by atoms with E-state index >= 15 is 0 Å². The molecule has 122 valence electrons. The van der Waals surface area contributed by atoms with Crippen molar-refractivity contribution in [2.45, 2.75) is 6.10 Å². The molecule has 8 heteroatoms. The molecule has 2 atom stereocenters. The van der Waals surface area contributed by atoms with Gasteiger partial charge in [-0.1, -0.05) is 6.07 Å². The summed E-state index contributed by atoms with van der Waals surface area (Å²) in [6.45, 7) is 0.255. The van der Waals surface area contributed by atoms with Crippen LogP contribution in [0, 0.1) is 5.92 Å². The molecule has 7 nitrogen and oxygen atoms in total. The van der Waals surface area contributed by atoms with Crippen molar-refractivity contribution in [2.24, 2.45) is 5.92 Å². The second kappa shape index (κ2) is 6.23. The molecule has 0 saturated carbocycles. The summed E-state index contributed by atoms with van der Waals surface area (Å²) < 4.78 is 24.9. The summed E-state index contributed by atoms with van der Waals surface area (Å²) in [5.74, 6) is -1.07. The van der Waals surface area contributed by atoms with Gasteiger partial charge in [0.2, 0.25) is 10.0 Å². The van der Waals surface area contributed by atoms with Crippen LogP contribution in [0.4, 0.5) is 0 Å². The van der Waals surface area contributed by atoms with Gasteiger partial charge in [0.05, 0.1) is 11.9 Å². The standard InChI is InChI=1S/C14H20N2O5S/c1-15(2)22(20,21)9-11-7-16(8-13(11)18)14(19)10-4-3-5-12(17)6-10/h3-6,11,13,17-18H,7-9H2,1-2H3/t11-,13+/m0/s1. The van der Waals surface area contributed by atoms with E-state index in [4.69, 9.17) is 0 Å². The quantitative estimate of drug-likeness (QED) is 0.792. The van der Waals surface area contributed by atoms with Crippen LogP contribution in [0.3, 0.4) is 0 Å². The molecule has 0 radical (unpaired) electrons. The number of aliphatic hydroxyl groups excluding tert-OH is 1. The number of aliphatic hydroxyl groups is 1. The van der Waals surface area contributed by atoms with Crippen LogP contribution >= 0.6 is 0 Å². The second-order valence-electron chi connectivity index (χ2n) is 5.65. The maximum atomic E-state index is 12.3. The Morgan fingerprint density at radius 3 is 2.64 bits per heavy atom. The normalized spacial score (nSPS) is 22.3. The van der Waals surface area contributed by atoms with Crippen LogP contribution in [-0.4, -0.2) is 72.8 Å². The summed E-state index contributed by atoms with van der Waals surface area (Å²) in [7, 11) is -0.566. The predicted molar refractivity (Wildman–Crippen MR) is 81.0 cm³/mol. The number of phenolic OH excluding ortho intramolecular Hbond substituents is 1. The smallest absolute Gasteiger partial charge is 0.254 e. The van der Waals surface area contributed by atoms with Crippen molar-refractivity contribution in [3.63, 3.8) is 0 Å². The number of sulfonamides is 1. The topological polar surface area (TPSA) is 98.2 Å². The highest BCUT2D eigenvalue weighted by atomic mass is 32.2. The first-order chi connectivity index (χ1) is 10.2. The van der Waals surface area contributed by atoms with E-state index < -0.39 is 22.0 Å². The molecule has 1 fully saturated rings. The Morgan fingerprint density at radius 2 is 2.05 bits per heavy atom. The average molecular weight is 328 g/mol. The Kier molecular flexibility index (Phi) is 4.74. The number of hydrogen-bond acceptors (Lipinski definition) is 5. The number of nitrogens with zero attached hydrogens (tertiary/aromatic N) is 2. The molecule has 0 unspecified atom stereocenters. The molecule has 1 aliphatic heterocycles. The monoisotopic (exact) mass is 328 g/mol. The molecular formula is C14H20N2O5S. The molecule has 0 spiro atoms. The van der Waals surface area contributed by atoms with Crippen LogP contribution < -0.4 is 0 Å². The number of likely N-dealkylation sites (tertiary alicyclic amines) is 1. The van der Waals surface area contributed by atoms with Crippen molar-refractivity contribution in [2.75, 3.05) is 32.9 Å². The van der Waals surface area contributed by atoms with Gasteiger partial charge in [0, 0.05) is 38.7 Å². The number of aromatic hydroxyl groups is 1. The maximum Gasteiger partial charge on any atom is 0.254 e. The zero-order valence-corrected chi connectivity index (χ0v) is 13.3. The lowest BCUT2D eigenvalue weighted by Gasteiger charge is -2.18. The first-order valence-corrected chi connectivity index (χ1v) is 8.48. The minimum absolute atomic E-state index is 0.0164. The number of rotatable bonds is 4. The molecule has 0 aromatic heterocycles. The van der Waals surface area contributed by atoms with E-state index in [1.807, 2.05) is 0 Å². The SMILES string of the molecule is CN(C)S(=O)(=O)C[C@@H]1CN(C(=O)c2cccc(O)c2)C[C@H]1O. The van der Waals surface area contributed by atoms with Crippen LogP contribution in [0.2, 0.25) is 0 Å². The molecule has 1 aromatic rings. The van der Waals surface area contributed by atoms with Crippen LogP contribution in [0.15, 0.2) is 24.3 Å². The minimum atomic E-state index is -3.44. The lowest BCUT2D eigenvalue weighted by Crippen LogP contribution is -2.33. The number of amides is 1. The number of β-amino-alcohol motifs (C(OH)–C–C–N with tert-alkyl or cyclic N) is 1. The molecule has 1 saturated heterocycles. The zero-order chi connectivity index (χ0) is 16.5. The third-order valence-corrected chi connectivity index (χ3v) is 5.73. The van der Waals surface area contributed by atoms with E-state index in [2.05, 4.69) is 0 Å². The minimum Gasteiger partial charge on any atom is -0.508 e. The van der Waals surface area contributed by atoms with Gasteiger partial charge in [0.25, 0.3) is 5.91 Å². The Labute approximate surface area is 129 Å². The van der Waals surface area contributed by atoms with E-state index in [1.54, 1.807) is 12.1 Å². The second-order valence-corrected chi connectivity index (χ2v) is 7.88. The molecule has 1 amide bonds. The molecule has 1 aliphatic rings. The lowest BCUT2D eigenvalue weighted by atomic mass is 10.1. The molecule has 1 aromatic carbocycles. The third kappa shape index (κ3) is 3.57. The summed E-state index contributed by atoms with van der Waals surface area (Å²) in [6, 6.07) is 5.93. The van der Waals surface area contributed by atoms with Crippen molar-refractivity contribution in [3.8, 4) is 5.75 Å². The Morgan fingerprint density at radius 1 is 1.36 bits per heavy atom. The van der Waals surface area contributed by atoms with Crippen LogP contribution in [0.5, 0.6) is 5.75 Å². The molecular weight excluding hydrogens is 308 g/mol. The van der Waals surface area contributed by atoms with Crippen molar-refractivity contribution in [3.05, 3.63) is 29.8 Å². The van der Waals surface area contributed by atoms with E-state index in [9.17, 15) is 23.4 Å². The molecule has 1 heterocycles. The van der Waals surface area contributed by atoms with Crippen LogP contribution in [0.25, 0.3) is 0 Å². The highest BCUT2D eigenvalue weighted by Crippen LogP contribution is 2.22. The zero-order valence-electron chi connectivity index (χ0n) is 12.5. The van der Waals surface area contributed by atoms with Gasteiger partial charge in [0.15, 0.2) is 0 Å². The van der Waals surface area contributed by atoms with Gasteiger partial charge in [0.1, 0.15) is 5.75 Å². The first-order valence-electron chi connectivity index (χ1n) is 6.87. The van der Waals surface area contributed by atoms with E-state index in [1.165, 1.54) is 31.1 Å². The van der Waals surface area contributed by atoms with Crippen LogP contribution in [0.1, 0.15) is 10.4 Å². The summed E-state index contributed by atoms with van der Waals surface area (Å²) in [5.41, 5.74) is 0.309.